The lowest BCUT2D eigenvalue weighted by atomic mass is 10.1. The van der Waals surface area contributed by atoms with Gasteiger partial charge < -0.3 is 20.1 Å². The van der Waals surface area contributed by atoms with Crippen LogP contribution in [0.15, 0.2) is 30.3 Å². The Kier molecular flexibility index (Phi) is 3.04. The third-order valence-electron chi connectivity index (χ3n) is 3.86. The predicted octanol–water partition coefficient (Wildman–Crippen LogP) is 3.65. The molecule has 0 bridgehead atoms. The van der Waals surface area contributed by atoms with E-state index in [4.69, 9.17) is 21.1 Å². The molecule has 4 nitrogen and oxygen atoms in total. The van der Waals surface area contributed by atoms with Gasteiger partial charge in [0.25, 0.3) is 0 Å². The highest BCUT2D eigenvalue weighted by atomic mass is 35.5. The molecule has 0 saturated heterocycles. The maximum atomic E-state index is 6.28. The van der Waals surface area contributed by atoms with Gasteiger partial charge in [0.05, 0.1) is 10.7 Å². The summed E-state index contributed by atoms with van der Waals surface area (Å²) in [4.78, 5) is 0. The third-order valence-corrected chi connectivity index (χ3v) is 4.18. The van der Waals surface area contributed by atoms with Crippen LogP contribution in [0, 0.1) is 0 Å². The van der Waals surface area contributed by atoms with Crippen molar-refractivity contribution in [3.8, 4) is 11.5 Å². The number of nitrogens with one attached hydrogen (secondary N) is 2. The predicted molar refractivity (Wildman–Crippen MR) is 83.5 cm³/mol. The second kappa shape index (κ2) is 5.04. The second-order valence-corrected chi connectivity index (χ2v) is 5.57. The molecule has 0 atom stereocenters. The average Bonchev–Trinajstić information content (AvgIpc) is 3.12. The maximum absolute atomic E-state index is 6.28. The summed E-state index contributed by atoms with van der Waals surface area (Å²) in [7, 11) is 0. The number of anilines is 2. The Balaban J connectivity index is 1.57. The molecule has 2 aromatic rings. The first-order valence-electron chi connectivity index (χ1n) is 6.99. The van der Waals surface area contributed by atoms with Gasteiger partial charge in [0.2, 0.25) is 6.79 Å². The van der Waals surface area contributed by atoms with E-state index < -0.39 is 0 Å². The highest BCUT2D eigenvalue weighted by Gasteiger charge is 2.17. The first kappa shape index (κ1) is 12.7. The molecular formula is C16H15ClN2O2. The molecular weight excluding hydrogens is 288 g/mol. The van der Waals surface area contributed by atoms with E-state index in [-0.39, 0.29) is 6.79 Å². The summed E-state index contributed by atoms with van der Waals surface area (Å²) in [5.74, 6) is 1.44. The van der Waals surface area contributed by atoms with Gasteiger partial charge in [0.15, 0.2) is 11.5 Å². The Bertz CT molecular complexity index is 703. The summed E-state index contributed by atoms with van der Waals surface area (Å²) in [6.07, 6.45) is 1.09. The minimum Gasteiger partial charge on any atom is -0.454 e. The van der Waals surface area contributed by atoms with Crippen LogP contribution in [0.3, 0.4) is 0 Å². The molecule has 0 spiro atoms. The van der Waals surface area contributed by atoms with Crippen molar-refractivity contribution in [1.29, 1.82) is 0 Å². The van der Waals surface area contributed by atoms with E-state index in [0.29, 0.717) is 10.8 Å². The van der Waals surface area contributed by atoms with E-state index in [2.05, 4.69) is 28.8 Å². The van der Waals surface area contributed by atoms with Crippen LogP contribution in [0.2, 0.25) is 5.02 Å². The molecule has 0 radical (unpaired) electrons. The van der Waals surface area contributed by atoms with Gasteiger partial charge in [0.1, 0.15) is 0 Å². The molecule has 2 heterocycles. The van der Waals surface area contributed by atoms with E-state index in [9.17, 15) is 0 Å². The number of halogens is 1. The second-order valence-electron chi connectivity index (χ2n) is 5.17. The molecule has 21 heavy (non-hydrogen) atoms. The number of benzene rings is 2. The smallest absolute Gasteiger partial charge is 0.231 e. The van der Waals surface area contributed by atoms with Gasteiger partial charge >= 0.3 is 0 Å². The molecule has 2 aromatic carbocycles. The number of hydrogen-bond donors (Lipinski definition) is 2. The average molecular weight is 303 g/mol. The van der Waals surface area contributed by atoms with Crippen molar-refractivity contribution in [2.24, 2.45) is 0 Å². The van der Waals surface area contributed by atoms with Crippen molar-refractivity contribution < 1.29 is 9.47 Å². The lowest BCUT2D eigenvalue weighted by Gasteiger charge is -2.12. The Labute approximate surface area is 128 Å². The zero-order valence-corrected chi connectivity index (χ0v) is 12.2. The Morgan fingerprint density at radius 2 is 2.05 bits per heavy atom. The van der Waals surface area contributed by atoms with Gasteiger partial charge in [-0.2, -0.15) is 0 Å². The fraction of sp³-hybridized carbons (Fsp3) is 0.250. The van der Waals surface area contributed by atoms with Crippen molar-refractivity contribution in [2.45, 2.75) is 13.0 Å². The normalized spacial score (nSPS) is 14.7. The fourth-order valence-electron chi connectivity index (χ4n) is 2.80. The zero-order chi connectivity index (χ0) is 14.2. The molecule has 2 N–H and O–H groups in total. The molecule has 4 rings (SSSR count). The van der Waals surface area contributed by atoms with Crippen LogP contribution < -0.4 is 20.1 Å². The molecule has 0 aromatic heterocycles. The molecule has 0 amide bonds. The van der Waals surface area contributed by atoms with Gasteiger partial charge in [-0.15, -0.1) is 0 Å². The van der Waals surface area contributed by atoms with Crippen LogP contribution in [-0.4, -0.2) is 13.3 Å². The topological polar surface area (TPSA) is 42.5 Å². The third kappa shape index (κ3) is 2.25. The largest absolute Gasteiger partial charge is 0.454 e. The number of fused-ring (bicyclic) bond motifs is 2. The van der Waals surface area contributed by atoms with Crippen molar-refractivity contribution in [3.63, 3.8) is 0 Å². The van der Waals surface area contributed by atoms with Crippen LogP contribution in [0.1, 0.15) is 11.1 Å². The van der Waals surface area contributed by atoms with Crippen LogP contribution in [0.25, 0.3) is 0 Å². The first-order valence-corrected chi connectivity index (χ1v) is 7.37. The zero-order valence-electron chi connectivity index (χ0n) is 11.4. The van der Waals surface area contributed by atoms with E-state index in [1.807, 2.05) is 6.07 Å². The maximum Gasteiger partial charge on any atom is 0.231 e. The summed E-state index contributed by atoms with van der Waals surface area (Å²) in [5.41, 5.74) is 4.74. The van der Waals surface area contributed by atoms with Gasteiger partial charge in [-0.25, -0.2) is 0 Å². The highest BCUT2D eigenvalue weighted by molar-refractivity contribution is 6.33. The fourth-order valence-corrected chi connectivity index (χ4v) is 3.02. The Morgan fingerprint density at radius 3 is 2.95 bits per heavy atom. The Morgan fingerprint density at radius 1 is 1.19 bits per heavy atom. The van der Waals surface area contributed by atoms with Crippen LogP contribution in [0.4, 0.5) is 11.4 Å². The number of para-hydroxylation sites is 1. The lowest BCUT2D eigenvalue weighted by molar-refractivity contribution is 0.174. The standard InChI is InChI=1S/C16H15ClN2O2/c17-12-6-14-15(21-9-20-14)7-13(12)19-8-11-3-1-2-10-4-5-18-16(10)11/h1-3,6-7,18-19H,4-5,8-9H2. The van der Waals surface area contributed by atoms with Gasteiger partial charge in [-0.1, -0.05) is 29.8 Å². The van der Waals surface area contributed by atoms with E-state index in [0.717, 1.165) is 30.9 Å². The lowest BCUT2D eigenvalue weighted by Crippen LogP contribution is -2.03. The monoisotopic (exact) mass is 302 g/mol. The van der Waals surface area contributed by atoms with Gasteiger partial charge in [-0.05, 0) is 17.5 Å². The quantitative estimate of drug-likeness (QED) is 0.908. The molecule has 2 aliphatic heterocycles. The minimum absolute atomic E-state index is 0.255. The highest BCUT2D eigenvalue weighted by Crippen LogP contribution is 2.39. The van der Waals surface area contributed by atoms with Crippen LogP contribution >= 0.6 is 11.6 Å². The summed E-state index contributed by atoms with van der Waals surface area (Å²) in [6, 6.07) is 10.1. The summed E-state index contributed by atoms with van der Waals surface area (Å²) < 4.78 is 10.7. The molecule has 0 fully saturated rings. The number of hydrogen-bond acceptors (Lipinski definition) is 4. The Hall–Kier alpha value is -2.07. The summed E-state index contributed by atoms with van der Waals surface area (Å²) in [6.45, 7) is 1.98. The number of ether oxygens (including phenoxy) is 2. The first-order chi connectivity index (χ1) is 10.3. The van der Waals surface area contributed by atoms with E-state index in [1.165, 1.54) is 16.8 Å². The van der Waals surface area contributed by atoms with Crippen molar-refractivity contribution in [2.75, 3.05) is 24.0 Å². The van der Waals surface area contributed by atoms with E-state index in [1.54, 1.807) is 6.07 Å². The van der Waals surface area contributed by atoms with Crippen LogP contribution in [-0.2, 0) is 13.0 Å². The molecule has 0 saturated carbocycles. The minimum atomic E-state index is 0.255. The van der Waals surface area contributed by atoms with Crippen molar-refractivity contribution in [3.05, 3.63) is 46.5 Å². The van der Waals surface area contributed by atoms with Gasteiger partial charge in [-0.3, -0.25) is 0 Å². The number of rotatable bonds is 3. The van der Waals surface area contributed by atoms with Crippen molar-refractivity contribution in [1.82, 2.24) is 0 Å². The molecule has 0 unspecified atom stereocenters. The van der Waals surface area contributed by atoms with Crippen molar-refractivity contribution >= 4 is 23.0 Å². The molecule has 0 aliphatic carbocycles. The molecule has 108 valence electrons. The summed E-state index contributed by atoms with van der Waals surface area (Å²) >= 11 is 6.28. The SMILES string of the molecule is Clc1cc2c(cc1NCc1cccc3c1NCC3)OCO2. The van der Waals surface area contributed by atoms with Gasteiger partial charge in [0, 0.05) is 30.9 Å². The van der Waals surface area contributed by atoms with E-state index >= 15 is 0 Å². The molecule has 5 heteroatoms. The summed E-state index contributed by atoms with van der Waals surface area (Å²) in [5, 5.41) is 7.46. The molecule has 2 aliphatic rings. The van der Waals surface area contributed by atoms with Crippen LogP contribution in [0.5, 0.6) is 11.5 Å².